The Morgan fingerprint density at radius 2 is 1.17 bits per heavy atom. The molecule has 0 aliphatic heterocycles. The number of carbonyl (C=O) groups excluding carboxylic acids is 2. The van der Waals surface area contributed by atoms with Crippen molar-refractivity contribution in [3.63, 3.8) is 0 Å². The quantitative estimate of drug-likeness (QED) is 0.0243. The lowest BCUT2D eigenvalue weighted by Gasteiger charge is -2.43. The van der Waals surface area contributed by atoms with Gasteiger partial charge in [-0.3, -0.25) is 18.4 Å². The van der Waals surface area contributed by atoms with Crippen molar-refractivity contribution in [3.05, 3.63) is 0 Å². The summed E-state index contributed by atoms with van der Waals surface area (Å²) in [5.74, 6) is 13.4. The summed E-state index contributed by atoms with van der Waals surface area (Å²) in [5, 5.41) is 40.8. The van der Waals surface area contributed by atoms with Crippen LogP contribution in [-0.4, -0.2) is 103 Å². The minimum absolute atomic E-state index is 0.0226. The summed E-state index contributed by atoms with van der Waals surface area (Å²) >= 11 is 0. The molecule has 0 saturated heterocycles. The van der Waals surface area contributed by atoms with Gasteiger partial charge in [0, 0.05) is 12.3 Å². The van der Waals surface area contributed by atoms with Crippen LogP contribution in [0.1, 0.15) is 96.8 Å². The van der Waals surface area contributed by atoms with Gasteiger partial charge in [0.2, 0.25) is 0 Å². The zero-order chi connectivity index (χ0) is 39.0. The SMILES string of the molecule is C#CC#CC#CC#CC(=O)OC[C@H](COP(=O)(O)OC1C(O)[C@H](O)[C@@H](O)C(OP(=O)(O)O)[C@@H]1O)OC(=O)CCCCCCCCCCCCCCC. The first-order valence-corrected chi connectivity index (χ1v) is 20.1. The van der Waals surface area contributed by atoms with Gasteiger partial charge in [0.1, 0.15) is 43.2 Å². The molecule has 0 spiro atoms. The molecule has 1 rings (SSSR count). The molecule has 7 N–H and O–H groups in total. The summed E-state index contributed by atoms with van der Waals surface area (Å²) in [4.78, 5) is 53.1. The largest absolute Gasteiger partial charge is 0.472 e. The molecule has 8 atom stereocenters. The molecule has 0 amide bonds. The van der Waals surface area contributed by atoms with Gasteiger partial charge in [-0.2, -0.15) is 0 Å². The molecule has 18 heteroatoms. The van der Waals surface area contributed by atoms with Gasteiger partial charge in [-0.25, -0.2) is 13.9 Å². The van der Waals surface area contributed by atoms with Gasteiger partial charge in [0.25, 0.3) is 0 Å². The van der Waals surface area contributed by atoms with Crippen LogP contribution in [0.25, 0.3) is 0 Å². The minimum atomic E-state index is -5.38. The van der Waals surface area contributed by atoms with Gasteiger partial charge in [-0.1, -0.05) is 84.0 Å². The Morgan fingerprint density at radius 1 is 0.673 bits per heavy atom. The Hall–Kier alpha value is -2.76. The van der Waals surface area contributed by atoms with Gasteiger partial charge < -0.3 is 44.6 Å². The van der Waals surface area contributed by atoms with Gasteiger partial charge >= 0.3 is 27.6 Å². The molecule has 1 aliphatic carbocycles. The summed E-state index contributed by atoms with van der Waals surface area (Å²) in [7, 11) is -10.7. The second-order valence-corrected chi connectivity index (χ2v) is 14.6. The number of carbonyl (C=O) groups is 2. The first-order chi connectivity index (χ1) is 24.6. The molecule has 0 aromatic heterocycles. The molecule has 16 nitrogen and oxygen atoms in total. The molecule has 4 unspecified atom stereocenters. The third-order valence-corrected chi connectivity index (χ3v) is 9.16. The zero-order valence-electron chi connectivity index (χ0n) is 29.1. The van der Waals surface area contributed by atoms with Crippen LogP contribution in [-0.2, 0) is 41.8 Å². The van der Waals surface area contributed by atoms with E-state index in [2.05, 4.69) is 41.0 Å². The second kappa shape index (κ2) is 26.1. The maximum Gasteiger partial charge on any atom is 0.472 e. The van der Waals surface area contributed by atoms with Crippen LogP contribution in [0.5, 0.6) is 0 Å². The summed E-state index contributed by atoms with van der Waals surface area (Å²) in [6, 6.07) is 0. The molecule has 0 aromatic carbocycles. The highest BCUT2D eigenvalue weighted by Crippen LogP contribution is 2.49. The number of phosphoric acid groups is 2. The maximum absolute atomic E-state index is 12.8. The highest BCUT2D eigenvalue weighted by Gasteiger charge is 2.54. The Bertz CT molecular complexity index is 1420. The van der Waals surface area contributed by atoms with Crippen molar-refractivity contribution in [1.29, 1.82) is 0 Å². The number of ether oxygens (including phenoxy) is 2. The molecule has 0 bridgehead atoms. The smallest absolute Gasteiger partial charge is 0.456 e. The number of hydrogen-bond acceptors (Lipinski definition) is 13. The summed E-state index contributed by atoms with van der Waals surface area (Å²) < 4.78 is 48.2. The number of aliphatic hydroxyl groups excluding tert-OH is 4. The molecular weight excluding hydrogens is 726 g/mol. The van der Waals surface area contributed by atoms with Crippen molar-refractivity contribution in [2.24, 2.45) is 0 Å². The molecule has 1 saturated carbocycles. The van der Waals surface area contributed by atoms with Crippen molar-refractivity contribution < 1.29 is 76.9 Å². The van der Waals surface area contributed by atoms with Gasteiger partial charge in [-0.15, -0.1) is 6.42 Å². The van der Waals surface area contributed by atoms with Crippen LogP contribution in [0.4, 0.5) is 0 Å². The lowest BCUT2D eigenvalue weighted by Crippen LogP contribution is -2.64. The van der Waals surface area contributed by atoms with Crippen LogP contribution in [0.15, 0.2) is 0 Å². The molecule has 1 fully saturated rings. The molecule has 292 valence electrons. The second-order valence-electron chi connectivity index (χ2n) is 12.0. The fourth-order valence-electron chi connectivity index (χ4n) is 5.02. The van der Waals surface area contributed by atoms with Crippen molar-refractivity contribution in [3.8, 4) is 47.9 Å². The Balaban J connectivity index is 2.76. The van der Waals surface area contributed by atoms with Gasteiger partial charge in [0.15, 0.2) is 6.10 Å². The predicted octanol–water partition coefficient (Wildman–Crippen LogP) is 2.00. The molecule has 0 aromatic rings. The molecule has 1 aliphatic rings. The maximum atomic E-state index is 12.8. The summed E-state index contributed by atoms with van der Waals surface area (Å²) in [5.41, 5.74) is 0. The predicted molar refractivity (Wildman–Crippen MR) is 185 cm³/mol. The first-order valence-electron chi connectivity index (χ1n) is 17.1. The van der Waals surface area contributed by atoms with Crippen LogP contribution in [0.3, 0.4) is 0 Å². The molecule has 0 heterocycles. The number of aliphatic hydroxyl groups is 4. The Kier molecular flexibility index (Phi) is 23.7. The fourth-order valence-corrected chi connectivity index (χ4v) is 6.56. The summed E-state index contributed by atoms with van der Waals surface area (Å²) in [6.07, 6.45) is 4.03. The van der Waals surface area contributed by atoms with E-state index >= 15 is 0 Å². The van der Waals surface area contributed by atoms with Crippen molar-refractivity contribution in [2.75, 3.05) is 13.2 Å². The highest BCUT2D eigenvalue weighted by molar-refractivity contribution is 7.47. The Labute approximate surface area is 304 Å². The highest BCUT2D eigenvalue weighted by atomic mass is 31.2. The molecule has 52 heavy (non-hydrogen) atoms. The number of esters is 2. The van der Waals surface area contributed by atoms with E-state index < -0.39 is 83.5 Å². The van der Waals surface area contributed by atoms with E-state index in [4.69, 9.17) is 34.7 Å². The van der Waals surface area contributed by atoms with Crippen LogP contribution in [0.2, 0.25) is 0 Å². The number of phosphoric ester groups is 2. The van der Waals surface area contributed by atoms with Gasteiger partial charge in [-0.05, 0) is 41.9 Å². The normalized spacial score (nSPS) is 22.8. The average molecular weight is 777 g/mol. The number of hydrogen-bond donors (Lipinski definition) is 7. The molecular formula is C34H50O16P2. The van der Waals surface area contributed by atoms with E-state index in [0.29, 0.717) is 6.42 Å². The van der Waals surface area contributed by atoms with E-state index in [1.165, 1.54) is 44.9 Å². The lowest BCUT2D eigenvalue weighted by atomic mass is 9.85. The number of rotatable bonds is 24. The third-order valence-electron chi connectivity index (χ3n) is 7.65. The third kappa shape index (κ3) is 21.1. The van der Waals surface area contributed by atoms with Crippen LogP contribution >= 0.6 is 15.6 Å². The van der Waals surface area contributed by atoms with Crippen molar-refractivity contribution in [2.45, 2.75) is 140 Å². The van der Waals surface area contributed by atoms with E-state index in [0.717, 1.165) is 32.1 Å². The van der Waals surface area contributed by atoms with E-state index in [1.807, 2.05) is 11.8 Å². The van der Waals surface area contributed by atoms with Gasteiger partial charge in [0.05, 0.1) is 6.61 Å². The first kappa shape index (κ1) is 47.3. The van der Waals surface area contributed by atoms with Crippen molar-refractivity contribution >= 4 is 27.6 Å². The van der Waals surface area contributed by atoms with E-state index in [1.54, 1.807) is 0 Å². The minimum Gasteiger partial charge on any atom is -0.456 e. The topological polar surface area (TPSA) is 256 Å². The summed E-state index contributed by atoms with van der Waals surface area (Å²) in [6.45, 7) is 0.549. The molecule has 0 radical (unpaired) electrons. The number of terminal acetylenes is 1. The monoisotopic (exact) mass is 776 g/mol. The van der Waals surface area contributed by atoms with Crippen LogP contribution < -0.4 is 0 Å². The van der Waals surface area contributed by atoms with E-state index in [-0.39, 0.29) is 6.42 Å². The van der Waals surface area contributed by atoms with E-state index in [9.17, 15) is 44.0 Å². The van der Waals surface area contributed by atoms with Crippen molar-refractivity contribution in [1.82, 2.24) is 0 Å². The standard InChI is InChI=1S/C34H50O16P2/c1-3-5-7-9-11-12-13-14-15-16-17-19-21-23-28(36)48-26(24-46-27(35)22-20-18-10-8-6-4-2)25-47-52(44,45)50-34-31(39)29(37)30(38)33(32(34)40)49-51(41,42)43/h2,26,29-34,37-40H,3,5,7,9,11-17,19,21,23-25H2,1H3,(H,44,45)(H2,41,42,43)/t26-,29-,30-,31?,32+,33?,34?/m1/s1. The Morgan fingerprint density at radius 3 is 1.71 bits per heavy atom. The lowest BCUT2D eigenvalue weighted by molar-refractivity contribution is -0.216. The van der Waals surface area contributed by atoms with Crippen LogP contribution in [0, 0.1) is 47.9 Å². The zero-order valence-corrected chi connectivity index (χ0v) is 30.9. The fraction of sp³-hybridized carbons (Fsp3) is 0.706. The number of unbranched alkanes of at least 4 members (excludes halogenated alkanes) is 12. The average Bonchev–Trinajstić information content (AvgIpc) is 3.08.